The summed E-state index contributed by atoms with van der Waals surface area (Å²) in [6.07, 6.45) is 2.59. The minimum atomic E-state index is -0.130. The molecule has 0 spiro atoms. The molecule has 0 bridgehead atoms. The van der Waals surface area contributed by atoms with Gasteiger partial charge in [-0.15, -0.1) is 0 Å². The summed E-state index contributed by atoms with van der Waals surface area (Å²) in [7, 11) is 0. The van der Waals surface area contributed by atoms with Crippen LogP contribution in [0.15, 0.2) is 79.0 Å². The zero-order valence-electron chi connectivity index (χ0n) is 16.2. The fourth-order valence-corrected chi connectivity index (χ4v) is 3.90. The quantitative estimate of drug-likeness (QED) is 0.656. The Labute approximate surface area is 166 Å². The van der Waals surface area contributed by atoms with Gasteiger partial charge in [-0.2, -0.15) is 0 Å². The fraction of sp³-hybridized carbons (Fsp3) is 0.250. The van der Waals surface area contributed by atoms with E-state index in [-0.39, 0.29) is 11.8 Å². The molecule has 3 aromatic rings. The zero-order valence-corrected chi connectivity index (χ0v) is 16.2. The molecule has 142 valence electrons. The number of carbonyl (C=O) groups excluding carboxylic acids is 1. The van der Waals surface area contributed by atoms with E-state index in [1.54, 1.807) is 6.20 Å². The van der Waals surface area contributed by atoms with Crippen molar-refractivity contribution in [2.24, 2.45) is 0 Å². The molecule has 2 aromatic carbocycles. The Hall–Kier alpha value is -3.14. The molecule has 1 aromatic heterocycles. The second kappa shape index (κ2) is 8.26. The molecule has 4 nitrogen and oxygen atoms in total. The third-order valence-electron chi connectivity index (χ3n) is 5.34. The summed E-state index contributed by atoms with van der Waals surface area (Å²) in [6, 6.07) is 24.4. The molecule has 4 rings (SSSR count). The van der Waals surface area contributed by atoms with Crippen molar-refractivity contribution >= 4 is 17.4 Å². The third kappa shape index (κ3) is 3.63. The lowest BCUT2D eigenvalue weighted by molar-refractivity contribution is -0.120. The van der Waals surface area contributed by atoms with Crippen molar-refractivity contribution in [2.75, 3.05) is 22.9 Å². The van der Waals surface area contributed by atoms with Gasteiger partial charge in [-0.3, -0.25) is 4.79 Å². The predicted octanol–water partition coefficient (Wildman–Crippen LogP) is 4.63. The lowest BCUT2D eigenvalue weighted by atomic mass is 9.94. The maximum Gasteiger partial charge on any atom is 0.234 e. The summed E-state index contributed by atoms with van der Waals surface area (Å²) < 4.78 is 0. The number of fused-ring (bicyclic) bond motifs is 1. The minimum absolute atomic E-state index is 0.130. The molecule has 0 aliphatic carbocycles. The van der Waals surface area contributed by atoms with Gasteiger partial charge in [0.15, 0.2) is 5.82 Å². The molecule has 1 amide bonds. The van der Waals surface area contributed by atoms with E-state index in [4.69, 9.17) is 0 Å². The SMILES string of the molecule is CC[C@H](C(=O)N1CCN(Cc2ccccc2)c2ncccc21)c1ccccc1. The lowest BCUT2D eigenvalue weighted by Gasteiger charge is -2.38. The molecule has 4 heteroatoms. The lowest BCUT2D eigenvalue weighted by Crippen LogP contribution is -2.46. The number of hydrogen-bond donors (Lipinski definition) is 0. The smallest absolute Gasteiger partial charge is 0.234 e. The van der Waals surface area contributed by atoms with Gasteiger partial charge in [-0.25, -0.2) is 4.98 Å². The van der Waals surface area contributed by atoms with Crippen LogP contribution in [0.25, 0.3) is 0 Å². The van der Waals surface area contributed by atoms with Gasteiger partial charge in [0, 0.05) is 25.8 Å². The molecule has 0 saturated carbocycles. The number of anilines is 2. The summed E-state index contributed by atoms with van der Waals surface area (Å²) in [5, 5.41) is 0. The second-order valence-electron chi connectivity index (χ2n) is 7.11. The fourth-order valence-electron chi connectivity index (χ4n) is 3.90. The molecule has 0 saturated heterocycles. The molecule has 1 aliphatic rings. The Morgan fingerprint density at radius 3 is 2.39 bits per heavy atom. The van der Waals surface area contributed by atoms with E-state index in [0.717, 1.165) is 36.6 Å². The van der Waals surface area contributed by atoms with Crippen LogP contribution >= 0.6 is 0 Å². The summed E-state index contributed by atoms with van der Waals surface area (Å²) in [6.45, 7) is 4.32. The number of nitrogens with zero attached hydrogens (tertiary/aromatic N) is 3. The molecule has 1 atom stereocenters. The topological polar surface area (TPSA) is 36.4 Å². The highest BCUT2D eigenvalue weighted by Crippen LogP contribution is 2.34. The van der Waals surface area contributed by atoms with Gasteiger partial charge in [-0.1, -0.05) is 67.6 Å². The van der Waals surface area contributed by atoms with Gasteiger partial charge in [0.1, 0.15) is 0 Å². The van der Waals surface area contributed by atoms with Crippen LogP contribution < -0.4 is 9.80 Å². The van der Waals surface area contributed by atoms with Crippen LogP contribution in [0.3, 0.4) is 0 Å². The average Bonchev–Trinajstić information content (AvgIpc) is 2.76. The van der Waals surface area contributed by atoms with E-state index >= 15 is 0 Å². The largest absolute Gasteiger partial charge is 0.349 e. The highest BCUT2D eigenvalue weighted by Gasteiger charge is 2.31. The van der Waals surface area contributed by atoms with Crippen LogP contribution in [0.2, 0.25) is 0 Å². The van der Waals surface area contributed by atoms with Crippen molar-refractivity contribution in [3.8, 4) is 0 Å². The number of carbonyl (C=O) groups is 1. The van der Waals surface area contributed by atoms with Crippen molar-refractivity contribution < 1.29 is 4.79 Å². The monoisotopic (exact) mass is 371 g/mol. The first kappa shape index (κ1) is 18.2. The van der Waals surface area contributed by atoms with Crippen LogP contribution in [0.4, 0.5) is 11.5 Å². The number of amides is 1. The maximum absolute atomic E-state index is 13.4. The first-order chi connectivity index (χ1) is 13.8. The Balaban J connectivity index is 1.62. The van der Waals surface area contributed by atoms with Crippen LogP contribution in [-0.2, 0) is 11.3 Å². The maximum atomic E-state index is 13.4. The average molecular weight is 371 g/mol. The number of aromatic nitrogens is 1. The van der Waals surface area contributed by atoms with E-state index in [0.29, 0.717) is 6.54 Å². The molecular formula is C24H25N3O. The highest BCUT2D eigenvalue weighted by atomic mass is 16.2. The molecule has 0 radical (unpaired) electrons. The summed E-state index contributed by atoms with van der Waals surface area (Å²) >= 11 is 0. The first-order valence-electron chi connectivity index (χ1n) is 9.88. The molecule has 2 heterocycles. The molecule has 0 unspecified atom stereocenters. The predicted molar refractivity (Wildman–Crippen MR) is 114 cm³/mol. The van der Waals surface area contributed by atoms with E-state index in [1.807, 2.05) is 53.4 Å². The number of rotatable bonds is 5. The molecule has 1 aliphatic heterocycles. The number of hydrogen-bond acceptors (Lipinski definition) is 3. The van der Waals surface area contributed by atoms with Crippen molar-refractivity contribution in [2.45, 2.75) is 25.8 Å². The molecule has 0 fully saturated rings. The van der Waals surface area contributed by atoms with Gasteiger partial charge < -0.3 is 9.80 Å². The van der Waals surface area contributed by atoms with E-state index in [9.17, 15) is 4.79 Å². The van der Waals surface area contributed by atoms with Gasteiger partial charge in [0.25, 0.3) is 0 Å². The normalized spacial score (nSPS) is 14.5. The van der Waals surface area contributed by atoms with Crippen molar-refractivity contribution in [3.05, 3.63) is 90.1 Å². The second-order valence-corrected chi connectivity index (χ2v) is 7.11. The number of benzene rings is 2. The van der Waals surface area contributed by atoms with Crippen LogP contribution in [-0.4, -0.2) is 24.0 Å². The van der Waals surface area contributed by atoms with E-state index in [2.05, 4.69) is 41.1 Å². The highest BCUT2D eigenvalue weighted by molar-refractivity contribution is 6.01. The molecule has 0 N–H and O–H groups in total. The summed E-state index contributed by atoms with van der Waals surface area (Å²) in [5.41, 5.74) is 3.23. The summed E-state index contributed by atoms with van der Waals surface area (Å²) in [4.78, 5) is 22.2. The first-order valence-corrected chi connectivity index (χ1v) is 9.88. The Kier molecular flexibility index (Phi) is 5.38. The van der Waals surface area contributed by atoms with Gasteiger partial charge in [-0.05, 0) is 29.7 Å². The van der Waals surface area contributed by atoms with Crippen molar-refractivity contribution in [1.82, 2.24) is 4.98 Å². The van der Waals surface area contributed by atoms with E-state index in [1.165, 1.54) is 5.56 Å². The third-order valence-corrected chi connectivity index (χ3v) is 5.34. The van der Waals surface area contributed by atoms with Gasteiger partial charge in [0.2, 0.25) is 5.91 Å². The zero-order chi connectivity index (χ0) is 19.3. The van der Waals surface area contributed by atoms with Crippen molar-refractivity contribution in [3.63, 3.8) is 0 Å². The van der Waals surface area contributed by atoms with Crippen LogP contribution in [0.1, 0.15) is 30.4 Å². The van der Waals surface area contributed by atoms with Crippen LogP contribution in [0.5, 0.6) is 0 Å². The van der Waals surface area contributed by atoms with E-state index < -0.39 is 0 Å². The molecular weight excluding hydrogens is 346 g/mol. The summed E-state index contributed by atoms with van der Waals surface area (Å²) in [5.74, 6) is 0.908. The number of pyridine rings is 1. The molecule has 28 heavy (non-hydrogen) atoms. The Morgan fingerprint density at radius 2 is 1.68 bits per heavy atom. The van der Waals surface area contributed by atoms with Gasteiger partial charge in [0.05, 0.1) is 11.6 Å². The van der Waals surface area contributed by atoms with Gasteiger partial charge >= 0.3 is 0 Å². The standard InChI is InChI=1S/C24H25N3O/c1-2-21(20-12-7-4-8-13-20)24(28)27-17-16-26(18-19-10-5-3-6-11-19)23-22(27)14-9-15-25-23/h3-15,21H,2,16-18H2,1H3/t21-/m0/s1. The van der Waals surface area contributed by atoms with Crippen molar-refractivity contribution in [1.29, 1.82) is 0 Å². The Bertz CT molecular complexity index is 927. The minimum Gasteiger partial charge on any atom is -0.349 e. The van der Waals surface area contributed by atoms with Crippen LogP contribution in [0, 0.1) is 0 Å². The Morgan fingerprint density at radius 1 is 0.964 bits per heavy atom.